The van der Waals surface area contributed by atoms with E-state index >= 15 is 0 Å². The van der Waals surface area contributed by atoms with Crippen LogP contribution in [0.25, 0.3) is 10.9 Å². The van der Waals surface area contributed by atoms with Crippen LogP contribution in [0.3, 0.4) is 0 Å². The molecule has 1 aromatic carbocycles. The lowest BCUT2D eigenvalue weighted by atomic mass is 10.1. The molecule has 0 spiro atoms. The van der Waals surface area contributed by atoms with Crippen molar-refractivity contribution < 1.29 is 14.6 Å². The third kappa shape index (κ3) is 2.20. The fourth-order valence-corrected chi connectivity index (χ4v) is 2.59. The van der Waals surface area contributed by atoms with Crippen molar-refractivity contribution in [2.45, 2.75) is 6.92 Å². The summed E-state index contributed by atoms with van der Waals surface area (Å²) in [5.41, 5.74) is 2.67. The van der Waals surface area contributed by atoms with Crippen LogP contribution in [0.2, 0.25) is 0 Å². The molecule has 5 nitrogen and oxygen atoms in total. The van der Waals surface area contributed by atoms with Gasteiger partial charge in [-0.25, -0.2) is 4.79 Å². The maximum absolute atomic E-state index is 11.3. The van der Waals surface area contributed by atoms with Gasteiger partial charge < -0.3 is 14.7 Å². The number of hydrogen-bond acceptors (Lipinski definition) is 4. The van der Waals surface area contributed by atoms with Gasteiger partial charge in [0.05, 0.1) is 24.3 Å². The van der Waals surface area contributed by atoms with Gasteiger partial charge in [0, 0.05) is 29.9 Å². The molecule has 1 aliphatic rings. The number of pyridine rings is 1. The smallest absolute Gasteiger partial charge is 0.337 e. The summed E-state index contributed by atoms with van der Waals surface area (Å²) >= 11 is 0. The van der Waals surface area contributed by atoms with Crippen LogP contribution >= 0.6 is 0 Å². The number of aromatic carboxylic acids is 1. The van der Waals surface area contributed by atoms with Crippen molar-refractivity contribution in [1.82, 2.24) is 4.98 Å². The fourth-order valence-electron chi connectivity index (χ4n) is 2.59. The van der Waals surface area contributed by atoms with Crippen LogP contribution in [0.5, 0.6) is 0 Å². The second-order valence-corrected chi connectivity index (χ2v) is 4.89. The molecule has 2 aromatic rings. The Balaban J connectivity index is 2.21. The highest BCUT2D eigenvalue weighted by atomic mass is 16.5. The summed E-state index contributed by atoms with van der Waals surface area (Å²) in [6.45, 7) is 4.91. The molecule has 3 rings (SSSR count). The lowest BCUT2D eigenvalue weighted by Crippen LogP contribution is -2.36. The molecule has 1 fully saturated rings. The molecule has 1 N–H and O–H groups in total. The molecular formula is C15H16N2O3. The fraction of sp³-hybridized carbons (Fsp3) is 0.333. The van der Waals surface area contributed by atoms with Gasteiger partial charge in [-0.15, -0.1) is 0 Å². The van der Waals surface area contributed by atoms with E-state index < -0.39 is 5.97 Å². The topological polar surface area (TPSA) is 62.7 Å². The Kier molecular flexibility index (Phi) is 3.28. The SMILES string of the molecule is Cc1cc(N2CCOCC2)c2cccc(C(=O)O)c2n1. The number of nitrogens with zero attached hydrogens (tertiary/aromatic N) is 2. The van der Waals surface area contributed by atoms with Crippen molar-refractivity contribution in [3.8, 4) is 0 Å². The molecule has 0 amide bonds. The molecule has 0 bridgehead atoms. The molecule has 0 radical (unpaired) electrons. The van der Waals surface area contributed by atoms with E-state index in [-0.39, 0.29) is 5.56 Å². The van der Waals surface area contributed by atoms with Crippen LogP contribution in [0.1, 0.15) is 16.1 Å². The monoisotopic (exact) mass is 272 g/mol. The number of rotatable bonds is 2. The normalized spacial score (nSPS) is 15.6. The van der Waals surface area contributed by atoms with E-state index in [4.69, 9.17) is 4.74 Å². The molecule has 104 valence electrons. The Bertz CT molecular complexity index is 663. The molecule has 0 unspecified atom stereocenters. The first-order valence-electron chi connectivity index (χ1n) is 6.63. The minimum Gasteiger partial charge on any atom is -0.478 e. The Morgan fingerprint density at radius 2 is 2.10 bits per heavy atom. The van der Waals surface area contributed by atoms with Crippen molar-refractivity contribution >= 4 is 22.6 Å². The number of carboxylic acid groups (broad SMARTS) is 1. The number of anilines is 1. The number of aryl methyl sites for hydroxylation is 1. The second-order valence-electron chi connectivity index (χ2n) is 4.89. The molecule has 0 aliphatic carbocycles. The van der Waals surface area contributed by atoms with Gasteiger partial charge >= 0.3 is 5.97 Å². The van der Waals surface area contributed by atoms with Gasteiger partial charge in [0.2, 0.25) is 0 Å². The first kappa shape index (κ1) is 12.9. The molecule has 5 heteroatoms. The Morgan fingerprint density at radius 3 is 2.80 bits per heavy atom. The average Bonchev–Trinajstić information content (AvgIpc) is 2.46. The minimum absolute atomic E-state index is 0.251. The number of aromatic nitrogens is 1. The summed E-state index contributed by atoms with van der Waals surface area (Å²) in [4.78, 5) is 18.0. The highest BCUT2D eigenvalue weighted by Gasteiger charge is 2.18. The maximum atomic E-state index is 11.3. The van der Waals surface area contributed by atoms with E-state index in [2.05, 4.69) is 9.88 Å². The molecule has 1 saturated heterocycles. The summed E-state index contributed by atoms with van der Waals surface area (Å²) in [6, 6.07) is 7.31. The van der Waals surface area contributed by atoms with E-state index in [9.17, 15) is 9.90 Å². The molecule has 0 saturated carbocycles. The highest BCUT2D eigenvalue weighted by molar-refractivity contribution is 6.05. The molecule has 2 heterocycles. The van der Waals surface area contributed by atoms with Gasteiger partial charge in [0.15, 0.2) is 0 Å². The number of benzene rings is 1. The summed E-state index contributed by atoms with van der Waals surface area (Å²) in [7, 11) is 0. The van der Waals surface area contributed by atoms with Gasteiger partial charge in [0.1, 0.15) is 0 Å². The first-order chi connectivity index (χ1) is 9.66. The lowest BCUT2D eigenvalue weighted by molar-refractivity contribution is 0.0699. The summed E-state index contributed by atoms with van der Waals surface area (Å²) < 4.78 is 5.37. The highest BCUT2D eigenvalue weighted by Crippen LogP contribution is 2.29. The number of fused-ring (bicyclic) bond motifs is 1. The first-order valence-corrected chi connectivity index (χ1v) is 6.63. The predicted molar refractivity (Wildman–Crippen MR) is 76.5 cm³/mol. The van der Waals surface area contributed by atoms with Crippen molar-refractivity contribution in [2.75, 3.05) is 31.2 Å². The zero-order valence-corrected chi connectivity index (χ0v) is 11.3. The molecular weight excluding hydrogens is 256 g/mol. The van der Waals surface area contributed by atoms with E-state index in [0.717, 1.165) is 29.9 Å². The Labute approximate surface area is 116 Å². The number of para-hydroxylation sites is 1. The molecule has 0 atom stereocenters. The van der Waals surface area contributed by atoms with Crippen LogP contribution in [0.4, 0.5) is 5.69 Å². The number of hydrogen-bond donors (Lipinski definition) is 1. The van der Waals surface area contributed by atoms with Gasteiger partial charge in [-0.2, -0.15) is 0 Å². The number of ether oxygens (including phenoxy) is 1. The Hall–Kier alpha value is -2.14. The third-order valence-electron chi connectivity index (χ3n) is 3.53. The van der Waals surface area contributed by atoms with Gasteiger partial charge in [0.25, 0.3) is 0 Å². The van der Waals surface area contributed by atoms with Crippen molar-refractivity contribution in [1.29, 1.82) is 0 Å². The van der Waals surface area contributed by atoms with Crippen molar-refractivity contribution in [3.05, 3.63) is 35.5 Å². The predicted octanol–water partition coefficient (Wildman–Crippen LogP) is 2.08. The molecule has 1 aliphatic heterocycles. The van der Waals surface area contributed by atoms with Crippen LogP contribution in [-0.4, -0.2) is 42.4 Å². The maximum Gasteiger partial charge on any atom is 0.337 e. The summed E-state index contributed by atoms with van der Waals surface area (Å²) in [6.07, 6.45) is 0. The average molecular weight is 272 g/mol. The largest absolute Gasteiger partial charge is 0.478 e. The summed E-state index contributed by atoms with van der Waals surface area (Å²) in [5, 5.41) is 10.2. The van der Waals surface area contributed by atoms with Crippen LogP contribution in [0.15, 0.2) is 24.3 Å². The van der Waals surface area contributed by atoms with Crippen molar-refractivity contribution in [3.63, 3.8) is 0 Å². The lowest BCUT2D eigenvalue weighted by Gasteiger charge is -2.30. The van der Waals surface area contributed by atoms with Crippen molar-refractivity contribution in [2.24, 2.45) is 0 Å². The van der Waals surface area contributed by atoms with Gasteiger partial charge in [-0.1, -0.05) is 12.1 Å². The van der Waals surface area contributed by atoms with Crippen LogP contribution in [0, 0.1) is 6.92 Å². The third-order valence-corrected chi connectivity index (χ3v) is 3.53. The standard InChI is InChI=1S/C15H16N2O3/c1-10-9-13(17-5-7-20-8-6-17)11-3-2-4-12(15(18)19)14(11)16-10/h2-4,9H,5-8H2,1H3,(H,18,19). The quantitative estimate of drug-likeness (QED) is 0.906. The Morgan fingerprint density at radius 1 is 1.35 bits per heavy atom. The van der Waals surface area contributed by atoms with Crippen LogP contribution < -0.4 is 4.90 Å². The van der Waals surface area contributed by atoms with Gasteiger partial charge in [-0.05, 0) is 19.1 Å². The molecule has 20 heavy (non-hydrogen) atoms. The van der Waals surface area contributed by atoms with Crippen LogP contribution in [-0.2, 0) is 4.74 Å². The van der Waals surface area contributed by atoms with E-state index in [1.54, 1.807) is 12.1 Å². The van der Waals surface area contributed by atoms with Gasteiger partial charge in [-0.3, -0.25) is 4.98 Å². The summed E-state index contributed by atoms with van der Waals surface area (Å²) in [5.74, 6) is -0.943. The number of carboxylic acids is 1. The van der Waals surface area contributed by atoms with E-state index in [1.165, 1.54) is 0 Å². The zero-order valence-electron chi connectivity index (χ0n) is 11.3. The zero-order chi connectivity index (χ0) is 14.1. The number of carbonyl (C=O) groups is 1. The molecule has 1 aromatic heterocycles. The second kappa shape index (κ2) is 5.09. The number of morpholine rings is 1. The van der Waals surface area contributed by atoms with E-state index in [1.807, 2.05) is 19.1 Å². The van der Waals surface area contributed by atoms with E-state index in [0.29, 0.717) is 18.7 Å². The minimum atomic E-state index is -0.943.